The molecule has 0 atom stereocenters. The van der Waals surface area contributed by atoms with Gasteiger partial charge in [-0.2, -0.15) is 0 Å². The van der Waals surface area contributed by atoms with E-state index in [2.05, 4.69) is 36.5 Å². The van der Waals surface area contributed by atoms with Gasteiger partial charge in [-0.3, -0.25) is 0 Å². The maximum Gasteiger partial charge on any atom is 0.198 e. The first-order valence-corrected chi connectivity index (χ1v) is 10.0. The maximum atomic E-state index is 5.98. The molecule has 1 fully saturated rings. The van der Waals surface area contributed by atoms with Crippen molar-refractivity contribution in [2.24, 2.45) is 10.7 Å². The average molecular weight is 369 g/mol. The molecule has 1 heterocycles. The Kier molecular flexibility index (Phi) is 10.7. The van der Waals surface area contributed by atoms with E-state index in [-0.39, 0.29) is 0 Å². The first-order chi connectivity index (χ1) is 12.0. The summed E-state index contributed by atoms with van der Waals surface area (Å²) in [5.74, 6) is 0.794. The lowest BCUT2D eigenvalue weighted by molar-refractivity contribution is 0.123. The van der Waals surface area contributed by atoms with Gasteiger partial charge in [0.15, 0.2) is 8.38 Å². The fourth-order valence-electron chi connectivity index (χ4n) is 2.04. The summed E-state index contributed by atoms with van der Waals surface area (Å²) >= 11 is 0. The maximum absolute atomic E-state index is 5.98. The average Bonchev–Trinajstić information content (AvgIpc) is 2.62. The zero-order chi connectivity index (χ0) is 18.7. The molecule has 142 valence electrons. The molecule has 7 heteroatoms. The third-order valence-electron chi connectivity index (χ3n) is 3.78. The Morgan fingerprint density at radius 3 is 2.56 bits per heavy atom. The molecule has 0 aromatic rings. The molecule has 2 N–H and O–H groups in total. The minimum atomic E-state index is -0.899. The Morgan fingerprint density at radius 2 is 2.00 bits per heavy atom. The van der Waals surface area contributed by atoms with Gasteiger partial charge in [0.05, 0.1) is 19.8 Å². The number of amidine groups is 1. The number of rotatable bonds is 9. The second kappa shape index (κ2) is 12.2. The fraction of sp³-hybridized carbons (Fsp3) is 0.611. The molecule has 25 heavy (non-hydrogen) atoms. The van der Waals surface area contributed by atoms with Crippen LogP contribution in [0.4, 0.5) is 0 Å². The summed E-state index contributed by atoms with van der Waals surface area (Å²) < 4.78 is 16.9. The smallest absolute Gasteiger partial charge is 0.198 e. The molecule has 0 radical (unpaired) electrons. The number of nitrogens with two attached hydrogens (primary N) is 1. The van der Waals surface area contributed by atoms with Gasteiger partial charge in [-0.05, 0) is 33.6 Å². The lowest BCUT2D eigenvalue weighted by Crippen LogP contribution is -2.31. The summed E-state index contributed by atoms with van der Waals surface area (Å²) in [7, 11) is -0.899. The molecule has 0 aliphatic carbocycles. The van der Waals surface area contributed by atoms with Crippen LogP contribution < -0.4 is 5.73 Å². The summed E-state index contributed by atoms with van der Waals surface area (Å²) in [6.45, 7) is 14.5. The Morgan fingerprint density at radius 1 is 1.32 bits per heavy atom. The molecule has 1 aliphatic rings. The standard InChI is InChI=1S/C18H32N3O3P/c1-6-15(3)13-21(18(20-7-2)16(4)17(5)19)9-12-22-14-25-23-10-8-11-24-25/h7,13H,2,6,8-12,14,19H2,1,3-5H3/b15-13-,17-16+,20-18+. The van der Waals surface area contributed by atoms with Gasteiger partial charge < -0.3 is 24.4 Å². The third-order valence-corrected chi connectivity index (χ3v) is 5.11. The number of allylic oxidation sites excluding steroid dienone is 2. The van der Waals surface area contributed by atoms with E-state index in [4.69, 9.17) is 19.5 Å². The zero-order valence-electron chi connectivity index (χ0n) is 16.0. The molecule has 0 unspecified atom stereocenters. The quantitative estimate of drug-likeness (QED) is 0.287. The van der Waals surface area contributed by atoms with Crippen LogP contribution in [0.1, 0.15) is 40.5 Å². The van der Waals surface area contributed by atoms with Crippen molar-refractivity contribution in [3.05, 3.63) is 35.8 Å². The Bertz CT molecular complexity index is 508. The molecule has 0 spiro atoms. The van der Waals surface area contributed by atoms with Crippen LogP contribution in [-0.2, 0) is 13.8 Å². The summed E-state index contributed by atoms with van der Waals surface area (Å²) in [6, 6.07) is 0. The molecule has 0 aromatic heterocycles. The van der Waals surface area contributed by atoms with Crippen LogP contribution in [0.2, 0.25) is 0 Å². The molecule has 0 bridgehead atoms. The van der Waals surface area contributed by atoms with E-state index in [1.165, 1.54) is 11.8 Å². The van der Waals surface area contributed by atoms with Gasteiger partial charge in [-0.1, -0.05) is 19.1 Å². The fourth-order valence-corrected chi connectivity index (χ4v) is 3.21. The van der Waals surface area contributed by atoms with Crippen molar-refractivity contribution in [3.63, 3.8) is 0 Å². The topological polar surface area (TPSA) is 69.3 Å². The Labute approximate surface area is 153 Å². The van der Waals surface area contributed by atoms with Crippen LogP contribution in [0, 0.1) is 0 Å². The van der Waals surface area contributed by atoms with Crippen LogP contribution in [0.25, 0.3) is 0 Å². The Balaban J connectivity index is 2.73. The van der Waals surface area contributed by atoms with Crippen molar-refractivity contribution in [1.82, 2.24) is 4.90 Å². The van der Waals surface area contributed by atoms with E-state index in [1.54, 1.807) is 0 Å². The number of nitrogens with zero attached hydrogens (tertiary/aromatic N) is 2. The van der Waals surface area contributed by atoms with Crippen LogP contribution in [0.15, 0.2) is 40.8 Å². The van der Waals surface area contributed by atoms with Crippen LogP contribution in [-0.4, -0.2) is 43.4 Å². The molecule has 0 saturated carbocycles. The lowest BCUT2D eigenvalue weighted by atomic mass is 10.2. The summed E-state index contributed by atoms with van der Waals surface area (Å²) in [5, 5.41) is 0. The van der Waals surface area contributed by atoms with Gasteiger partial charge in [0.2, 0.25) is 0 Å². The predicted molar refractivity (Wildman–Crippen MR) is 105 cm³/mol. The van der Waals surface area contributed by atoms with Gasteiger partial charge in [0.1, 0.15) is 12.2 Å². The molecular formula is C18H32N3O3P. The number of hydrogen-bond acceptors (Lipinski definition) is 5. The van der Waals surface area contributed by atoms with E-state index in [1.807, 2.05) is 13.8 Å². The molecule has 1 aliphatic heterocycles. The molecule has 6 nitrogen and oxygen atoms in total. The van der Waals surface area contributed by atoms with Crippen LogP contribution in [0.3, 0.4) is 0 Å². The van der Waals surface area contributed by atoms with Gasteiger partial charge in [-0.25, -0.2) is 4.99 Å². The van der Waals surface area contributed by atoms with E-state index >= 15 is 0 Å². The van der Waals surface area contributed by atoms with Gasteiger partial charge in [-0.15, -0.1) is 0 Å². The van der Waals surface area contributed by atoms with Gasteiger partial charge >= 0.3 is 0 Å². The summed E-state index contributed by atoms with van der Waals surface area (Å²) in [4.78, 5) is 6.50. The highest BCUT2D eigenvalue weighted by Gasteiger charge is 2.16. The summed E-state index contributed by atoms with van der Waals surface area (Å²) in [6.07, 6.45) is 6.06. The molecular weight excluding hydrogens is 337 g/mol. The minimum absolute atomic E-state index is 0.498. The molecule has 0 aromatic carbocycles. The SMILES string of the molecule is C=C/N=C(\C(C)=C(/C)N)N(/C=C(/C)CC)CCOCP1OCCCO1. The van der Waals surface area contributed by atoms with E-state index in [9.17, 15) is 0 Å². The second-order valence-electron chi connectivity index (χ2n) is 5.86. The highest BCUT2D eigenvalue weighted by atomic mass is 31.2. The van der Waals surface area contributed by atoms with E-state index in [0.29, 0.717) is 19.5 Å². The van der Waals surface area contributed by atoms with E-state index in [0.717, 1.165) is 43.2 Å². The number of ether oxygens (including phenoxy) is 1. The van der Waals surface area contributed by atoms with Crippen LogP contribution >= 0.6 is 8.38 Å². The minimum Gasteiger partial charge on any atom is -0.402 e. The largest absolute Gasteiger partial charge is 0.402 e. The predicted octanol–water partition coefficient (Wildman–Crippen LogP) is 4.12. The molecule has 0 amide bonds. The number of hydrogen-bond donors (Lipinski definition) is 1. The monoisotopic (exact) mass is 369 g/mol. The van der Waals surface area contributed by atoms with Gasteiger partial charge in [0, 0.05) is 30.2 Å². The van der Waals surface area contributed by atoms with Crippen molar-refractivity contribution in [3.8, 4) is 0 Å². The van der Waals surface area contributed by atoms with Gasteiger partial charge in [0.25, 0.3) is 0 Å². The van der Waals surface area contributed by atoms with Crippen molar-refractivity contribution in [2.75, 3.05) is 32.7 Å². The second-order valence-corrected chi connectivity index (χ2v) is 7.30. The lowest BCUT2D eigenvalue weighted by Gasteiger charge is -2.25. The highest BCUT2D eigenvalue weighted by Crippen LogP contribution is 2.40. The molecule has 1 rings (SSSR count). The van der Waals surface area contributed by atoms with Crippen molar-refractivity contribution < 1.29 is 13.8 Å². The third kappa shape index (κ3) is 8.15. The first-order valence-electron chi connectivity index (χ1n) is 8.66. The normalized spacial score (nSPS) is 18.1. The highest BCUT2D eigenvalue weighted by molar-refractivity contribution is 7.47. The molecule has 1 saturated heterocycles. The van der Waals surface area contributed by atoms with Crippen molar-refractivity contribution in [1.29, 1.82) is 0 Å². The Hall–Kier alpha value is -1.20. The first kappa shape index (κ1) is 21.8. The van der Waals surface area contributed by atoms with Crippen molar-refractivity contribution >= 4 is 14.2 Å². The number of aliphatic imine (C=N–C) groups is 1. The van der Waals surface area contributed by atoms with Crippen molar-refractivity contribution in [2.45, 2.75) is 40.5 Å². The van der Waals surface area contributed by atoms with E-state index < -0.39 is 8.38 Å². The van der Waals surface area contributed by atoms with Crippen LogP contribution in [0.5, 0.6) is 0 Å². The summed E-state index contributed by atoms with van der Waals surface area (Å²) in [5.41, 5.74) is 8.90. The zero-order valence-corrected chi connectivity index (χ0v) is 16.8.